The molecule has 338 valence electrons. The Morgan fingerprint density at radius 2 is 1.33 bits per heavy atom. The predicted molar refractivity (Wildman–Crippen MR) is 230 cm³/mol. The molecule has 1 unspecified atom stereocenters. The van der Waals surface area contributed by atoms with Gasteiger partial charge in [-0.2, -0.15) is 9.97 Å². The molecular formula is C42H65N9O10. The maximum atomic E-state index is 13.3. The van der Waals surface area contributed by atoms with Crippen molar-refractivity contribution < 1.29 is 47.6 Å². The predicted octanol–water partition coefficient (Wildman–Crippen LogP) is 3.04. The molecular weight excluding hydrogens is 791 g/mol. The molecule has 61 heavy (non-hydrogen) atoms. The third-order valence-electron chi connectivity index (χ3n) is 8.62. The van der Waals surface area contributed by atoms with Gasteiger partial charge in [-0.05, 0) is 57.9 Å². The Balaban J connectivity index is 1.28. The largest absolute Gasteiger partial charge is 0.458 e. The van der Waals surface area contributed by atoms with Crippen molar-refractivity contribution in [3.8, 4) is 0 Å². The number of ether oxygens (including phenoxy) is 6. The van der Waals surface area contributed by atoms with E-state index in [2.05, 4.69) is 30.6 Å². The van der Waals surface area contributed by atoms with E-state index in [1.807, 2.05) is 32.7 Å². The van der Waals surface area contributed by atoms with E-state index >= 15 is 0 Å². The molecule has 3 rings (SSSR count). The maximum absolute atomic E-state index is 13.3. The molecule has 6 N–H and O–H groups in total. The second kappa shape index (κ2) is 25.6. The Hall–Kier alpha value is -5.08. The molecule has 0 aliphatic rings. The molecule has 0 aliphatic carbocycles. The van der Waals surface area contributed by atoms with Crippen molar-refractivity contribution in [2.24, 2.45) is 5.41 Å². The number of nitrogens with one attached hydrogen (secondary N) is 2. The van der Waals surface area contributed by atoms with Gasteiger partial charge < -0.3 is 55.4 Å². The summed E-state index contributed by atoms with van der Waals surface area (Å²) in [5.74, 6) is -0.993. The monoisotopic (exact) mass is 855 g/mol. The number of aromatic nitrogens is 4. The zero-order valence-electron chi connectivity index (χ0n) is 36.8. The van der Waals surface area contributed by atoms with E-state index in [9.17, 15) is 19.2 Å². The van der Waals surface area contributed by atoms with Crippen LogP contribution in [0.2, 0.25) is 0 Å². The molecule has 3 aromatic rings. The van der Waals surface area contributed by atoms with Crippen LogP contribution in [0.3, 0.4) is 0 Å². The third kappa shape index (κ3) is 19.9. The first-order valence-electron chi connectivity index (χ1n) is 20.5. The number of carbonyl (C=O) groups excluding carboxylic acids is 4. The van der Waals surface area contributed by atoms with Crippen LogP contribution in [0.1, 0.15) is 83.3 Å². The van der Waals surface area contributed by atoms with Crippen LogP contribution >= 0.6 is 0 Å². The zero-order chi connectivity index (χ0) is 44.8. The molecule has 0 spiro atoms. The molecule has 1 aromatic carbocycles. The Morgan fingerprint density at radius 3 is 1.90 bits per heavy atom. The van der Waals surface area contributed by atoms with E-state index in [1.165, 1.54) is 0 Å². The number of rotatable bonds is 28. The van der Waals surface area contributed by atoms with Gasteiger partial charge >= 0.3 is 5.97 Å². The maximum Gasteiger partial charge on any atom is 0.329 e. The highest BCUT2D eigenvalue weighted by Gasteiger charge is 2.28. The smallest absolute Gasteiger partial charge is 0.329 e. The Bertz CT molecular complexity index is 1830. The van der Waals surface area contributed by atoms with Crippen molar-refractivity contribution >= 4 is 52.2 Å². The van der Waals surface area contributed by atoms with E-state index in [0.717, 1.165) is 5.69 Å². The minimum atomic E-state index is -1.02. The lowest BCUT2D eigenvalue weighted by atomic mass is 9.96. The number of nitrogens with two attached hydrogens (primary N) is 2. The van der Waals surface area contributed by atoms with E-state index in [1.54, 1.807) is 51.2 Å². The number of ketones is 1. The van der Waals surface area contributed by atoms with Crippen LogP contribution in [0.25, 0.3) is 11.2 Å². The third-order valence-corrected chi connectivity index (χ3v) is 8.62. The number of carbonyl (C=O) groups is 4. The van der Waals surface area contributed by atoms with E-state index in [4.69, 9.17) is 39.9 Å². The number of fused-ring (bicyclic) bond motifs is 1. The Labute approximate surface area is 358 Å². The molecule has 1 atom stereocenters. The molecule has 0 fully saturated rings. The van der Waals surface area contributed by atoms with Crippen LogP contribution in [0.15, 0.2) is 30.5 Å². The summed E-state index contributed by atoms with van der Waals surface area (Å²) in [5, 5.41) is 5.59. The quantitative estimate of drug-likeness (QED) is 0.0605. The molecule has 0 saturated heterocycles. The van der Waals surface area contributed by atoms with Crippen LogP contribution in [0.5, 0.6) is 0 Å². The number of Topliss-reactive ketones (excluding diaryl/α,β-unsaturated/α-hetero) is 1. The zero-order valence-corrected chi connectivity index (χ0v) is 36.8. The minimum Gasteiger partial charge on any atom is -0.458 e. The summed E-state index contributed by atoms with van der Waals surface area (Å²) in [6.45, 7) is 15.8. The molecule has 0 aliphatic heterocycles. The van der Waals surface area contributed by atoms with Crippen molar-refractivity contribution in [1.82, 2.24) is 30.6 Å². The summed E-state index contributed by atoms with van der Waals surface area (Å²) in [4.78, 5) is 69.7. The second-order valence-corrected chi connectivity index (χ2v) is 16.2. The lowest BCUT2D eigenvalue weighted by molar-refractivity contribution is -0.157. The molecule has 2 aromatic heterocycles. The average molecular weight is 856 g/mol. The van der Waals surface area contributed by atoms with Gasteiger partial charge in [0.05, 0.1) is 77.9 Å². The number of nitrogens with zero attached hydrogens (tertiary/aromatic N) is 5. The fraction of sp³-hybridized carbons (Fsp3) is 0.619. The molecule has 0 bridgehead atoms. The van der Waals surface area contributed by atoms with Gasteiger partial charge in [-0.1, -0.05) is 20.8 Å². The van der Waals surface area contributed by atoms with Crippen molar-refractivity contribution in [3.63, 3.8) is 0 Å². The fourth-order valence-electron chi connectivity index (χ4n) is 5.41. The standard InChI is InChI=1S/C42H65N9O10/c1-41(2,3)39(55)45-16-18-57-20-22-59-24-26-60-25-23-58-21-19-56-17-8-9-32(52)14-15-33(38(54)61-42(4,5)6)48-37(53)29-10-12-31(13-11-29)51(7)28-30-27-46-36-34(47-30)35(43)49-40(44)50-36/h10-13,27,33H,8-9,14-26,28H2,1-7H3,(H,45,55)(H,48,53)(H4,43,44,46,49,50). The van der Waals surface area contributed by atoms with Crippen molar-refractivity contribution in [3.05, 3.63) is 41.7 Å². The lowest BCUT2D eigenvalue weighted by Gasteiger charge is -2.24. The van der Waals surface area contributed by atoms with Gasteiger partial charge in [0.2, 0.25) is 11.9 Å². The van der Waals surface area contributed by atoms with Gasteiger partial charge in [0.1, 0.15) is 17.4 Å². The first-order valence-corrected chi connectivity index (χ1v) is 20.5. The number of benzene rings is 1. The minimum absolute atomic E-state index is 0.00876. The Kier molecular flexibility index (Phi) is 21.1. The van der Waals surface area contributed by atoms with Crippen LogP contribution in [0.4, 0.5) is 17.5 Å². The van der Waals surface area contributed by atoms with E-state index < -0.39 is 28.9 Å². The lowest BCUT2D eigenvalue weighted by Crippen LogP contribution is -2.44. The first kappa shape index (κ1) is 50.3. The van der Waals surface area contributed by atoms with Crippen LogP contribution < -0.4 is 27.0 Å². The van der Waals surface area contributed by atoms with E-state index in [0.29, 0.717) is 108 Å². The van der Waals surface area contributed by atoms with Gasteiger partial charge in [0, 0.05) is 49.7 Å². The number of amides is 2. The van der Waals surface area contributed by atoms with Crippen molar-refractivity contribution in [1.29, 1.82) is 0 Å². The van der Waals surface area contributed by atoms with E-state index in [-0.39, 0.29) is 42.7 Å². The SMILES string of the molecule is CN(Cc1cnc2nc(N)nc(N)c2n1)c1ccc(C(=O)NC(CCC(=O)CCCOCCOCCOCCOCCOCCNC(=O)C(C)(C)C)C(=O)OC(C)(C)C)cc1. The number of hydrogen-bond acceptors (Lipinski definition) is 17. The second-order valence-electron chi connectivity index (χ2n) is 16.2. The molecule has 19 nitrogen and oxygen atoms in total. The van der Waals surface area contributed by atoms with Crippen LogP contribution in [-0.4, -0.2) is 135 Å². The number of hydrogen-bond donors (Lipinski definition) is 4. The van der Waals surface area contributed by atoms with Crippen LogP contribution in [0, 0.1) is 5.41 Å². The highest BCUT2D eigenvalue weighted by molar-refractivity contribution is 5.97. The number of anilines is 3. The summed E-state index contributed by atoms with van der Waals surface area (Å²) in [6, 6.07) is 5.83. The molecule has 0 radical (unpaired) electrons. The molecule has 2 amide bonds. The van der Waals surface area contributed by atoms with Crippen molar-refractivity contribution in [2.75, 3.05) is 96.0 Å². The van der Waals surface area contributed by atoms with Gasteiger partial charge in [-0.3, -0.25) is 14.4 Å². The van der Waals surface area contributed by atoms with Crippen molar-refractivity contribution in [2.45, 2.75) is 85.4 Å². The topological polar surface area (TPSA) is 255 Å². The summed E-state index contributed by atoms with van der Waals surface area (Å²) < 4.78 is 33.1. The van der Waals surface area contributed by atoms with Gasteiger partial charge in [0.25, 0.3) is 5.91 Å². The highest BCUT2D eigenvalue weighted by atomic mass is 16.6. The number of nitrogen functional groups attached to an aromatic ring is 2. The normalized spacial score (nSPS) is 12.2. The number of esters is 1. The fourth-order valence-corrected chi connectivity index (χ4v) is 5.41. The Morgan fingerprint density at radius 1 is 0.754 bits per heavy atom. The van der Waals surface area contributed by atoms with Gasteiger partial charge in [-0.15, -0.1) is 0 Å². The molecule has 19 heteroatoms. The molecule has 2 heterocycles. The summed E-state index contributed by atoms with van der Waals surface area (Å²) in [5.41, 5.74) is 12.8. The average Bonchev–Trinajstić information content (AvgIpc) is 3.19. The summed E-state index contributed by atoms with van der Waals surface area (Å²) in [6.07, 6.45) is 2.53. The first-order chi connectivity index (χ1) is 28.9. The van der Waals surface area contributed by atoms with Gasteiger partial charge in [-0.25, -0.2) is 14.8 Å². The highest BCUT2D eigenvalue weighted by Crippen LogP contribution is 2.20. The summed E-state index contributed by atoms with van der Waals surface area (Å²) in [7, 11) is 1.86. The van der Waals surface area contributed by atoms with Crippen LogP contribution in [-0.2, 0) is 49.3 Å². The van der Waals surface area contributed by atoms with Gasteiger partial charge in [0.15, 0.2) is 17.0 Å². The summed E-state index contributed by atoms with van der Waals surface area (Å²) >= 11 is 0. The molecule has 0 saturated carbocycles.